The van der Waals surface area contributed by atoms with E-state index in [1.54, 1.807) is 13.3 Å². The Kier molecular flexibility index (Phi) is 5.41. The smallest absolute Gasteiger partial charge is 0.177 e. The van der Waals surface area contributed by atoms with E-state index in [1.165, 1.54) is 0 Å². The van der Waals surface area contributed by atoms with Gasteiger partial charge < -0.3 is 19.7 Å². The molecule has 0 unspecified atom stereocenters. The fraction of sp³-hybridized carbons (Fsp3) is 0.538. The summed E-state index contributed by atoms with van der Waals surface area (Å²) < 4.78 is 6.06. The first-order valence-corrected chi connectivity index (χ1v) is 7.66. The van der Waals surface area contributed by atoms with Crippen molar-refractivity contribution in [2.24, 2.45) is 5.16 Å². The highest BCUT2D eigenvalue weighted by Crippen LogP contribution is 2.20. The average molecular weight is 390 g/mol. The summed E-state index contributed by atoms with van der Waals surface area (Å²) in [5.74, 6) is 1.25. The van der Waals surface area contributed by atoms with Crippen molar-refractivity contribution in [3.8, 4) is 5.75 Å². The van der Waals surface area contributed by atoms with Gasteiger partial charge in [0.05, 0.1) is 7.11 Å². The topological polar surface area (TPSA) is 61.2 Å². The fourth-order valence-corrected chi connectivity index (χ4v) is 2.79. The van der Waals surface area contributed by atoms with Crippen LogP contribution in [-0.4, -0.2) is 65.7 Å². The number of amidine groups is 1. The maximum absolute atomic E-state index is 9.35. The Balaban J connectivity index is 2.17. The number of pyridine rings is 1. The zero-order valence-corrected chi connectivity index (χ0v) is 13.9. The SMILES string of the molecule is CCN1CCN(C(=NO)c2cnc(I)c(OC)c2)CC1. The Morgan fingerprint density at radius 3 is 2.70 bits per heavy atom. The van der Waals surface area contributed by atoms with Gasteiger partial charge in [0, 0.05) is 37.9 Å². The van der Waals surface area contributed by atoms with Crippen LogP contribution < -0.4 is 4.74 Å². The molecule has 0 saturated carbocycles. The predicted octanol–water partition coefficient (Wildman–Crippen LogP) is 1.47. The number of piperazine rings is 1. The van der Waals surface area contributed by atoms with Crippen molar-refractivity contribution in [1.82, 2.24) is 14.8 Å². The monoisotopic (exact) mass is 390 g/mol. The lowest BCUT2D eigenvalue weighted by molar-refractivity contribution is 0.185. The van der Waals surface area contributed by atoms with Gasteiger partial charge in [-0.15, -0.1) is 0 Å². The molecule has 1 saturated heterocycles. The summed E-state index contributed by atoms with van der Waals surface area (Å²) in [6, 6.07) is 1.86. The standard InChI is InChI=1S/C13H19IN4O2/c1-3-17-4-6-18(7-5-17)13(16-19)10-8-11(20-2)12(14)15-9-10/h8-9,19H,3-7H2,1-2H3. The molecule has 1 aliphatic rings. The molecule has 1 N–H and O–H groups in total. The van der Waals surface area contributed by atoms with Crippen molar-refractivity contribution < 1.29 is 9.94 Å². The van der Waals surface area contributed by atoms with E-state index < -0.39 is 0 Å². The molecule has 1 aliphatic heterocycles. The van der Waals surface area contributed by atoms with Gasteiger partial charge in [0.15, 0.2) is 11.6 Å². The van der Waals surface area contributed by atoms with E-state index in [1.807, 2.05) is 6.07 Å². The minimum Gasteiger partial charge on any atom is -0.494 e. The Morgan fingerprint density at radius 1 is 1.45 bits per heavy atom. The maximum Gasteiger partial charge on any atom is 0.177 e. The zero-order chi connectivity index (χ0) is 14.5. The number of halogens is 1. The molecule has 0 aromatic carbocycles. The largest absolute Gasteiger partial charge is 0.494 e. The highest BCUT2D eigenvalue weighted by molar-refractivity contribution is 14.1. The summed E-state index contributed by atoms with van der Waals surface area (Å²) in [4.78, 5) is 8.73. The molecule has 1 fully saturated rings. The quantitative estimate of drug-likeness (QED) is 0.212. The number of rotatable bonds is 3. The van der Waals surface area contributed by atoms with E-state index in [0.29, 0.717) is 11.6 Å². The number of aromatic nitrogens is 1. The molecule has 0 spiro atoms. The van der Waals surface area contributed by atoms with Crippen molar-refractivity contribution in [3.05, 3.63) is 21.5 Å². The molecular formula is C13H19IN4O2. The van der Waals surface area contributed by atoms with Crippen LogP contribution in [-0.2, 0) is 0 Å². The molecule has 20 heavy (non-hydrogen) atoms. The summed E-state index contributed by atoms with van der Waals surface area (Å²) >= 11 is 2.12. The predicted molar refractivity (Wildman–Crippen MR) is 85.5 cm³/mol. The van der Waals surface area contributed by atoms with E-state index in [4.69, 9.17) is 4.74 Å². The highest BCUT2D eigenvalue weighted by Gasteiger charge is 2.21. The zero-order valence-electron chi connectivity index (χ0n) is 11.7. The second-order valence-electron chi connectivity index (χ2n) is 4.56. The first-order chi connectivity index (χ1) is 9.69. The molecule has 0 bridgehead atoms. The van der Waals surface area contributed by atoms with Gasteiger partial charge in [0.2, 0.25) is 0 Å². The number of oxime groups is 1. The van der Waals surface area contributed by atoms with Crippen LogP contribution in [0.1, 0.15) is 12.5 Å². The molecule has 2 heterocycles. The van der Waals surface area contributed by atoms with Crippen LogP contribution in [0.15, 0.2) is 17.4 Å². The Bertz CT molecular complexity index is 487. The summed E-state index contributed by atoms with van der Waals surface area (Å²) in [5, 5.41) is 12.8. The first-order valence-electron chi connectivity index (χ1n) is 6.58. The molecule has 1 aromatic rings. The third-order valence-corrected chi connectivity index (χ3v) is 4.31. The van der Waals surface area contributed by atoms with Gasteiger partial charge in [-0.05, 0) is 35.2 Å². The summed E-state index contributed by atoms with van der Waals surface area (Å²) in [5.41, 5.74) is 0.773. The Labute approximate surface area is 132 Å². The van der Waals surface area contributed by atoms with Crippen LogP contribution in [0.2, 0.25) is 0 Å². The molecule has 0 aliphatic carbocycles. The summed E-state index contributed by atoms with van der Waals surface area (Å²) in [7, 11) is 1.61. The molecule has 2 rings (SSSR count). The van der Waals surface area contributed by atoms with Crippen LogP contribution in [0, 0.1) is 3.70 Å². The van der Waals surface area contributed by atoms with Crippen LogP contribution in [0.25, 0.3) is 0 Å². The second-order valence-corrected chi connectivity index (χ2v) is 5.58. The Morgan fingerprint density at radius 2 is 2.15 bits per heavy atom. The van der Waals surface area contributed by atoms with Gasteiger partial charge in [0.1, 0.15) is 3.70 Å². The molecular weight excluding hydrogens is 371 g/mol. The van der Waals surface area contributed by atoms with Gasteiger partial charge in [-0.1, -0.05) is 12.1 Å². The lowest BCUT2D eigenvalue weighted by atomic mass is 10.2. The minimum absolute atomic E-state index is 0.558. The third kappa shape index (κ3) is 3.32. The van der Waals surface area contributed by atoms with E-state index >= 15 is 0 Å². The van der Waals surface area contributed by atoms with Gasteiger partial charge in [-0.25, -0.2) is 4.98 Å². The van der Waals surface area contributed by atoms with Gasteiger partial charge in [-0.2, -0.15) is 0 Å². The summed E-state index contributed by atoms with van der Waals surface area (Å²) in [6.07, 6.45) is 1.71. The molecule has 0 amide bonds. The van der Waals surface area contributed by atoms with Crippen molar-refractivity contribution in [2.75, 3.05) is 39.8 Å². The van der Waals surface area contributed by atoms with E-state index in [2.05, 4.69) is 49.5 Å². The maximum atomic E-state index is 9.35. The average Bonchev–Trinajstić information content (AvgIpc) is 2.50. The van der Waals surface area contributed by atoms with Gasteiger partial charge in [0.25, 0.3) is 0 Å². The van der Waals surface area contributed by atoms with Gasteiger partial charge in [-0.3, -0.25) is 0 Å². The van der Waals surface area contributed by atoms with Gasteiger partial charge >= 0.3 is 0 Å². The molecule has 1 aromatic heterocycles. The second kappa shape index (κ2) is 7.07. The number of hydrogen-bond donors (Lipinski definition) is 1. The lowest BCUT2D eigenvalue weighted by Gasteiger charge is -2.35. The highest BCUT2D eigenvalue weighted by atomic mass is 127. The number of hydrogen-bond acceptors (Lipinski definition) is 5. The van der Waals surface area contributed by atoms with Crippen LogP contribution in [0.5, 0.6) is 5.75 Å². The van der Waals surface area contributed by atoms with Crippen LogP contribution in [0.4, 0.5) is 0 Å². The number of likely N-dealkylation sites (N-methyl/N-ethyl adjacent to an activating group) is 1. The minimum atomic E-state index is 0.558. The van der Waals surface area contributed by atoms with Crippen LogP contribution >= 0.6 is 22.6 Å². The van der Waals surface area contributed by atoms with Crippen LogP contribution in [0.3, 0.4) is 0 Å². The van der Waals surface area contributed by atoms with Crippen molar-refractivity contribution in [3.63, 3.8) is 0 Å². The first kappa shape index (κ1) is 15.3. The van der Waals surface area contributed by atoms with Crippen molar-refractivity contribution >= 4 is 28.4 Å². The van der Waals surface area contributed by atoms with E-state index in [0.717, 1.165) is 42.0 Å². The van der Waals surface area contributed by atoms with E-state index in [9.17, 15) is 5.21 Å². The van der Waals surface area contributed by atoms with Crippen molar-refractivity contribution in [2.45, 2.75) is 6.92 Å². The van der Waals surface area contributed by atoms with E-state index in [-0.39, 0.29) is 0 Å². The molecule has 0 atom stereocenters. The number of ether oxygens (including phenoxy) is 1. The molecule has 0 radical (unpaired) electrons. The molecule has 7 heteroatoms. The third-order valence-electron chi connectivity index (χ3n) is 3.50. The molecule has 110 valence electrons. The molecule has 6 nitrogen and oxygen atoms in total. The lowest BCUT2D eigenvalue weighted by Crippen LogP contribution is -2.48. The normalized spacial score (nSPS) is 17.4. The number of nitrogens with zero attached hydrogens (tertiary/aromatic N) is 4. The van der Waals surface area contributed by atoms with Crippen molar-refractivity contribution in [1.29, 1.82) is 0 Å². The fourth-order valence-electron chi connectivity index (χ4n) is 2.27. The summed E-state index contributed by atoms with van der Waals surface area (Å²) in [6.45, 7) is 6.86. The number of methoxy groups -OCH3 is 1. The Hall–Kier alpha value is -1.09.